The van der Waals surface area contributed by atoms with Gasteiger partial charge in [-0.1, -0.05) is 29.3 Å². The van der Waals surface area contributed by atoms with Crippen LogP contribution in [0.4, 0.5) is 11.4 Å². The van der Waals surface area contributed by atoms with Crippen LogP contribution in [-0.2, 0) is 0 Å². The van der Waals surface area contributed by atoms with Crippen LogP contribution in [0.2, 0.25) is 10.0 Å². The van der Waals surface area contributed by atoms with Gasteiger partial charge in [0.05, 0.1) is 17.2 Å². The second kappa shape index (κ2) is 7.98. The third kappa shape index (κ3) is 4.20. The predicted octanol–water partition coefficient (Wildman–Crippen LogP) is 5.24. The smallest absolute Gasteiger partial charge is 0.255 e. The number of methoxy groups -OCH3 is 1. The first-order valence-electron chi connectivity index (χ1n) is 8.28. The van der Waals surface area contributed by atoms with Crippen LogP contribution in [0.3, 0.4) is 0 Å². The summed E-state index contributed by atoms with van der Waals surface area (Å²) in [6, 6.07) is 11.0. The molecule has 1 saturated heterocycles. The monoisotopic (exact) mass is 378 g/mol. The van der Waals surface area contributed by atoms with Crippen LogP contribution in [0.5, 0.6) is 5.75 Å². The number of halogens is 2. The maximum Gasteiger partial charge on any atom is 0.255 e. The molecule has 0 aliphatic carbocycles. The van der Waals surface area contributed by atoms with Crippen LogP contribution >= 0.6 is 23.2 Å². The Morgan fingerprint density at radius 1 is 1.08 bits per heavy atom. The van der Waals surface area contributed by atoms with Crippen molar-refractivity contribution in [1.29, 1.82) is 0 Å². The fourth-order valence-corrected chi connectivity index (χ4v) is 3.66. The lowest BCUT2D eigenvalue weighted by molar-refractivity contribution is 0.102. The molecule has 4 nitrogen and oxygen atoms in total. The zero-order valence-corrected chi connectivity index (χ0v) is 15.5. The molecule has 3 rings (SSSR count). The average Bonchev–Trinajstić information content (AvgIpc) is 2.62. The normalized spacial score (nSPS) is 14.3. The highest BCUT2D eigenvalue weighted by Crippen LogP contribution is 2.34. The molecule has 1 heterocycles. The van der Waals surface area contributed by atoms with E-state index in [4.69, 9.17) is 27.9 Å². The van der Waals surface area contributed by atoms with E-state index in [2.05, 4.69) is 16.3 Å². The Morgan fingerprint density at radius 3 is 2.40 bits per heavy atom. The third-order valence-electron chi connectivity index (χ3n) is 4.29. The molecule has 0 unspecified atom stereocenters. The summed E-state index contributed by atoms with van der Waals surface area (Å²) in [4.78, 5) is 14.9. The zero-order valence-electron chi connectivity index (χ0n) is 14.0. The molecule has 6 heteroatoms. The molecular weight excluding hydrogens is 359 g/mol. The van der Waals surface area contributed by atoms with E-state index in [1.54, 1.807) is 12.1 Å². The minimum Gasteiger partial charge on any atom is -0.494 e. The molecule has 1 aliphatic rings. The van der Waals surface area contributed by atoms with E-state index in [9.17, 15) is 4.79 Å². The molecule has 0 atom stereocenters. The maximum absolute atomic E-state index is 12.5. The van der Waals surface area contributed by atoms with Gasteiger partial charge in [-0.15, -0.1) is 0 Å². The molecule has 2 aromatic carbocycles. The first-order chi connectivity index (χ1) is 12.1. The summed E-state index contributed by atoms with van der Waals surface area (Å²) in [6.45, 7) is 2.11. The van der Waals surface area contributed by atoms with E-state index in [1.807, 2.05) is 18.2 Å². The number of hydrogen-bond donors (Lipinski definition) is 1. The van der Waals surface area contributed by atoms with E-state index >= 15 is 0 Å². The number of nitrogens with zero attached hydrogens (tertiary/aromatic N) is 1. The van der Waals surface area contributed by atoms with Gasteiger partial charge in [-0.05, 0) is 49.6 Å². The molecule has 0 bridgehead atoms. The number of hydrogen-bond acceptors (Lipinski definition) is 3. The van der Waals surface area contributed by atoms with Crippen molar-refractivity contribution in [3.63, 3.8) is 0 Å². The molecule has 2 aromatic rings. The Bertz CT molecular complexity index is 751. The highest BCUT2D eigenvalue weighted by Gasteiger charge is 2.15. The molecule has 0 saturated carbocycles. The van der Waals surface area contributed by atoms with Gasteiger partial charge < -0.3 is 15.0 Å². The Kier molecular flexibility index (Phi) is 5.71. The average molecular weight is 379 g/mol. The SMILES string of the molecule is COc1c(Cl)cc(C(=O)Nc2cccc(N3CCCCC3)c2)cc1Cl. The van der Waals surface area contributed by atoms with Crippen molar-refractivity contribution >= 4 is 40.5 Å². The molecule has 1 N–H and O–H groups in total. The number of amides is 1. The number of ether oxygens (including phenoxy) is 1. The lowest BCUT2D eigenvalue weighted by atomic mass is 10.1. The van der Waals surface area contributed by atoms with Gasteiger partial charge in [0.1, 0.15) is 0 Å². The second-order valence-electron chi connectivity index (χ2n) is 6.03. The van der Waals surface area contributed by atoms with Crippen LogP contribution in [0, 0.1) is 0 Å². The van der Waals surface area contributed by atoms with Gasteiger partial charge in [-0.2, -0.15) is 0 Å². The van der Waals surface area contributed by atoms with E-state index in [0.29, 0.717) is 21.4 Å². The van der Waals surface area contributed by atoms with Crippen molar-refractivity contribution < 1.29 is 9.53 Å². The standard InChI is InChI=1S/C19H20Cl2N2O2/c1-25-18-16(20)10-13(11-17(18)21)19(24)22-14-6-5-7-15(12-14)23-8-3-2-4-9-23/h5-7,10-12H,2-4,8-9H2,1H3,(H,22,24). The van der Waals surface area contributed by atoms with Crippen LogP contribution in [-0.4, -0.2) is 26.1 Å². The van der Waals surface area contributed by atoms with Crippen LogP contribution in [0.25, 0.3) is 0 Å². The van der Waals surface area contributed by atoms with E-state index in [0.717, 1.165) is 24.5 Å². The van der Waals surface area contributed by atoms with Crippen molar-refractivity contribution in [3.8, 4) is 5.75 Å². The van der Waals surface area contributed by atoms with Crippen LogP contribution in [0.1, 0.15) is 29.6 Å². The van der Waals surface area contributed by atoms with Crippen LogP contribution < -0.4 is 15.0 Å². The van der Waals surface area contributed by atoms with E-state index in [1.165, 1.54) is 26.4 Å². The van der Waals surface area contributed by atoms with Crippen LogP contribution in [0.15, 0.2) is 36.4 Å². The van der Waals surface area contributed by atoms with Crippen molar-refractivity contribution in [2.24, 2.45) is 0 Å². The minimum absolute atomic E-state index is 0.262. The van der Waals surface area contributed by atoms with Gasteiger partial charge >= 0.3 is 0 Å². The van der Waals surface area contributed by atoms with Gasteiger partial charge in [-0.3, -0.25) is 4.79 Å². The summed E-state index contributed by atoms with van der Waals surface area (Å²) >= 11 is 12.2. The van der Waals surface area contributed by atoms with Crippen molar-refractivity contribution in [2.45, 2.75) is 19.3 Å². The summed E-state index contributed by atoms with van der Waals surface area (Å²) in [5.41, 5.74) is 2.26. The Balaban J connectivity index is 1.77. The maximum atomic E-state index is 12.5. The molecule has 0 radical (unpaired) electrons. The second-order valence-corrected chi connectivity index (χ2v) is 6.84. The first-order valence-corrected chi connectivity index (χ1v) is 9.03. The summed E-state index contributed by atoms with van der Waals surface area (Å²) in [7, 11) is 1.49. The molecule has 132 valence electrons. The van der Waals surface area contributed by atoms with E-state index in [-0.39, 0.29) is 5.91 Å². The summed E-state index contributed by atoms with van der Waals surface area (Å²) < 4.78 is 5.11. The number of anilines is 2. The molecule has 25 heavy (non-hydrogen) atoms. The Labute approximate surface area is 157 Å². The number of carbonyl (C=O) groups is 1. The highest BCUT2D eigenvalue weighted by atomic mass is 35.5. The number of carbonyl (C=O) groups excluding carboxylic acids is 1. The van der Waals surface area contributed by atoms with Gasteiger partial charge in [0.25, 0.3) is 5.91 Å². The van der Waals surface area contributed by atoms with Gasteiger partial charge in [0.2, 0.25) is 0 Å². The van der Waals surface area contributed by atoms with Gasteiger partial charge in [-0.25, -0.2) is 0 Å². The quantitative estimate of drug-likeness (QED) is 0.790. The Morgan fingerprint density at radius 2 is 1.76 bits per heavy atom. The number of rotatable bonds is 4. The molecule has 1 amide bonds. The first kappa shape index (κ1) is 17.9. The molecule has 0 aromatic heterocycles. The molecule has 0 spiro atoms. The highest BCUT2D eigenvalue weighted by molar-refractivity contribution is 6.37. The van der Waals surface area contributed by atoms with Gasteiger partial charge in [0, 0.05) is 30.0 Å². The fraction of sp³-hybridized carbons (Fsp3) is 0.316. The number of nitrogens with one attached hydrogen (secondary N) is 1. The Hall–Kier alpha value is -1.91. The number of benzene rings is 2. The molecular formula is C19H20Cl2N2O2. The summed E-state index contributed by atoms with van der Waals surface area (Å²) in [5, 5.41) is 3.52. The molecule has 1 fully saturated rings. The van der Waals surface area contributed by atoms with Crippen molar-refractivity contribution in [2.75, 3.05) is 30.4 Å². The van der Waals surface area contributed by atoms with Crippen molar-refractivity contribution in [1.82, 2.24) is 0 Å². The third-order valence-corrected chi connectivity index (χ3v) is 4.85. The summed E-state index contributed by atoms with van der Waals surface area (Å²) in [5.74, 6) is 0.106. The lowest BCUT2D eigenvalue weighted by Crippen LogP contribution is -2.29. The fourth-order valence-electron chi connectivity index (χ4n) is 3.02. The van der Waals surface area contributed by atoms with Crippen molar-refractivity contribution in [3.05, 3.63) is 52.0 Å². The summed E-state index contributed by atoms with van der Waals surface area (Å²) in [6.07, 6.45) is 3.70. The predicted molar refractivity (Wildman–Crippen MR) is 103 cm³/mol. The minimum atomic E-state index is -0.262. The van der Waals surface area contributed by atoms with E-state index < -0.39 is 0 Å². The van der Waals surface area contributed by atoms with Gasteiger partial charge in [0.15, 0.2) is 5.75 Å². The lowest BCUT2D eigenvalue weighted by Gasteiger charge is -2.29. The topological polar surface area (TPSA) is 41.6 Å². The largest absolute Gasteiger partial charge is 0.494 e. The number of piperidine rings is 1. The zero-order chi connectivity index (χ0) is 17.8. The molecule has 1 aliphatic heterocycles.